The van der Waals surface area contributed by atoms with Gasteiger partial charge in [0.15, 0.2) is 0 Å². The molecule has 0 unspecified atom stereocenters. The molecule has 0 atom stereocenters. The molecule has 1 rings (SSSR count). The predicted molar refractivity (Wildman–Crippen MR) is 75.1 cm³/mol. The lowest BCUT2D eigenvalue weighted by Crippen LogP contribution is -2.46. The van der Waals surface area contributed by atoms with E-state index in [4.69, 9.17) is 5.73 Å². The molecule has 0 bridgehead atoms. The summed E-state index contributed by atoms with van der Waals surface area (Å²) in [6.45, 7) is 1.67. The summed E-state index contributed by atoms with van der Waals surface area (Å²) < 4.78 is 24.2. The number of hydrogen-bond donors (Lipinski definition) is 2. The summed E-state index contributed by atoms with van der Waals surface area (Å²) in [5, 5.41) is 2.98. The van der Waals surface area contributed by atoms with Gasteiger partial charge in [-0.1, -0.05) is 6.42 Å². The quantitative estimate of drug-likeness (QED) is 0.648. The first-order valence-corrected chi connectivity index (χ1v) is 8.73. The summed E-state index contributed by atoms with van der Waals surface area (Å²) in [6.07, 6.45) is 5.96. The first-order valence-electron chi connectivity index (χ1n) is 6.88. The van der Waals surface area contributed by atoms with Crippen molar-refractivity contribution < 1.29 is 13.2 Å². The van der Waals surface area contributed by atoms with Crippen LogP contribution in [0.3, 0.4) is 0 Å². The topological polar surface area (TPSA) is 92.5 Å². The van der Waals surface area contributed by atoms with Gasteiger partial charge in [0, 0.05) is 25.6 Å². The standard InChI is InChI=1S/C12H25N3O3S/c1-19(17,18)15-9-6-11(7-10-15)14-12(16)5-3-2-4-8-13/h11H,2-10,13H2,1H3,(H,14,16). The number of piperidine rings is 1. The maximum absolute atomic E-state index is 11.7. The van der Waals surface area contributed by atoms with Crippen LogP contribution in [0.1, 0.15) is 38.5 Å². The van der Waals surface area contributed by atoms with Gasteiger partial charge in [-0.15, -0.1) is 0 Å². The Labute approximate surface area is 115 Å². The smallest absolute Gasteiger partial charge is 0.220 e. The van der Waals surface area contributed by atoms with Crippen molar-refractivity contribution in [2.45, 2.75) is 44.6 Å². The zero-order valence-corrected chi connectivity index (χ0v) is 12.4. The van der Waals surface area contributed by atoms with E-state index in [2.05, 4.69) is 5.32 Å². The molecule has 0 aromatic carbocycles. The molecule has 1 aliphatic heterocycles. The number of carbonyl (C=O) groups excluding carboxylic acids is 1. The number of nitrogens with one attached hydrogen (secondary N) is 1. The van der Waals surface area contributed by atoms with Crippen molar-refractivity contribution in [3.8, 4) is 0 Å². The van der Waals surface area contributed by atoms with E-state index in [1.54, 1.807) is 0 Å². The SMILES string of the molecule is CS(=O)(=O)N1CCC(NC(=O)CCCCCN)CC1. The molecular weight excluding hydrogens is 266 g/mol. The Bertz CT molecular complexity index is 376. The number of nitrogens with zero attached hydrogens (tertiary/aromatic N) is 1. The van der Waals surface area contributed by atoms with E-state index in [0.717, 1.165) is 19.3 Å². The van der Waals surface area contributed by atoms with Crippen molar-refractivity contribution >= 4 is 15.9 Å². The molecule has 6 nitrogen and oxygen atoms in total. The van der Waals surface area contributed by atoms with Crippen molar-refractivity contribution in [2.75, 3.05) is 25.9 Å². The molecule has 3 N–H and O–H groups in total. The highest BCUT2D eigenvalue weighted by molar-refractivity contribution is 7.88. The Morgan fingerprint density at radius 1 is 1.26 bits per heavy atom. The second kappa shape index (κ2) is 7.81. The maximum atomic E-state index is 11.7. The number of hydrogen-bond acceptors (Lipinski definition) is 4. The number of rotatable bonds is 7. The van der Waals surface area contributed by atoms with Gasteiger partial charge < -0.3 is 11.1 Å². The second-order valence-corrected chi connectivity index (χ2v) is 7.09. The van der Waals surface area contributed by atoms with Gasteiger partial charge in [0.2, 0.25) is 15.9 Å². The van der Waals surface area contributed by atoms with Crippen LogP contribution in [0.4, 0.5) is 0 Å². The highest BCUT2D eigenvalue weighted by atomic mass is 32.2. The van der Waals surface area contributed by atoms with Gasteiger partial charge in [0.25, 0.3) is 0 Å². The summed E-state index contributed by atoms with van der Waals surface area (Å²) in [7, 11) is -3.09. The molecule has 0 aliphatic carbocycles. The summed E-state index contributed by atoms with van der Waals surface area (Å²) in [4.78, 5) is 11.7. The van der Waals surface area contributed by atoms with Crippen LogP contribution >= 0.6 is 0 Å². The number of unbranched alkanes of at least 4 members (excludes halogenated alkanes) is 2. The van der Waals surface area contributed by atoms with Crippen molar-refractivity contribution in [2.24, 2.45) is 5.73 Å². The van der Waals surface area contributed by atoms with Crippen molar-refractivity contribution in [1.29, 1.82) is 0 Å². The fraction of sp³-hybridized carbons (Fsp3) is 0.917. The largest absolute Gasteiger partial charge is 0.353 e. The summed E-state index contributed by atoms with van der Waals surface area (Å²) in [5.41, 5.74) is 5.39. The maximum Gasteiger partial charge on any atom is 0.220 e. The predicted octanol–water partition coefficient (Wildman–Crippen LogP) is 0.0457. The Morgan fingerprint density at radius 3 is 2.42 bits per heavy atom. The summed E-state index contributed by atoms with van der Waals surface area (Å²) in [5.74, 6) is 0.0647. The van der Waals surface area contributed by atoms with Crippen molar-refractivity contribution in [3.05, 3.63) is 0 Å². The minimum absolute atomic E-state index is 0.0647. The normalized spacial score (nSPS) is 18.4. The van der Waals surface area contributed by atoms with Crippen LogP contribution in [0.2, 0.25) is 0 Å². The van der Waals surface area contributed by atoms with E-state index >= 15 is 0 Å². The lowest BCUT2D eigenvalue weighted by Gasteiger charge is -2.30. The molecule has 19 heavy (non-hydrogen) atoms. The van der Waals surface area contributed by atoms with E-state index < -0.39 is 10.0 Å². The van der Waals surface area contributed by atoms with Gasteiger partial charge >= 0.3 is 0 Å². The molecule has 0 aromatic rings. The number of carbonyl (C=O) groups is 1. The Balaban J connectivity index is 2.20. The van der Waals surface area contributed by atoms with Gasteiger partial charge in [-0.05, 0) is 32.2 Å². The minimum atomic E-state index is -3.09. The van der Waals surface area contributed by atoms with Gasteiger partial charge in [-0.2, -0.15) is 0 Å². The molecule has 0 spiro atoms. The highest BCUT2D eigenvalue weighted by Gasteiger charge is 2.25. The average Bonchev–Trinajstić information content (AvgIpc) is 2.34. The second-order valence-electron chi connectivity index (χ2n) is 5.10. The van der Waals surface area contributed by atoms with Crippen LogP contribution in [-0.2, 0) is 14.8 Å². The fourth-order valence-corrected chi connectivity index (χ4v) is 3.11. The minimum Gasteiger partial charge on any atom is -0.353 e. The van der Waals surface area contributed by atoms with Crippen LogP contribution in [-0.4, -0.2) is 50.6 Å². The van der Waals surface area contributed by atoms with Crippen LogP contribution in [0.15, 0.2) is 0 Å². The summed E-state index contributed by atoms with van der Waals surface area (Å²) in [6, 6.07) is 0.111. The third kappa shape index (κ3) is 6.35. The third-order valence-corrected chi connectivity index (χ3v) is 4.70. The van der Waals surface area contributed by atoms with E-state index in [1.807, 2.05) is 0 Å². The average molecular weight is 291 g/mol. The Morgan fingerprint density at radius 2 is 1.89 bits per heavy atom. The number of nitrogens with two attached hydrogens (primary N) is 1. The van der Waals surface area contributed by atoms with Gasteiger partial charge in [-0.3, -0.25) is 4.79 Å². The lowest BCUT2D eigenvalue weighted by atomic mass is 10.1. The van der Waals surface area contributed by atoms with Crippen molar-refractivity contribution in [1.82, 2.24) is 9.62 Å². The fourth-order valence-electron chi connectivity index (χ4n) is 2.24. The molecule has 0 aromatic heterocycles. The van der Waals surface area contributed by atoms with Crippen LogP contribution in [0.5, 0.6) is 0 Å². The van der Waals surface area contributed by atoms with Crippen LogP contribution in [0.25, 0.3) is 0 Å². The molecule has 1 heterocycles. The first-order chi connectivity index (χ1) is 8.93. The number of sulfonamides is 1. The molecule has 0 radical (unpaired) electrons. The highest BCUT2D eigenvalue weighted by Crippen LogP contribution is 2.13. The lowest BCUT2D eigenvalue weighted by molar-refractivity contribution is -0.122. The van der Waals surface area contributed by atoms with Crippen molar-refractivity contribution in [3.63, 3.8) is 0 Å². The monoisotopic (exact) mass is 291 g/mol. The van der Waals surface area contributed by atoms with Gasteiger partial charge in [0.1, 0.15) is 0 Å². The van der Waals surface area contributed by atoms with Crippen LogP contribution in [0, 0.1) is 0 Å². The van der Waals surface area contributed by atoms with Gasteiger partial charge in [0.05, 0.1) is 6.26 Å². The zero-order valence-electron chi connectivity index (χ0n) is 11.6. The zero-order chi connectivity index (χ0) is 14.3. The molecule has 1 saturated heterocycles. The number of amides is 1. The van der Waals surface area contributed by atoms with Crippen LogP contribution < -0.4 is 11.1 Å². The molecule has 1 aliphatic rings. The van der Waals surface area contributed by atoms with E-state index in [-0.39, 0.29) is 11.9 Å². The molecular formula is C12H25N3O3S. The summed E-state index contributed by atoms with van der Waals surface area (Å²) >= 11 is 0. The van der Waals surface area contributed by atoms with Gasteiger partial charge in [-0.25, -0.2) is 12.7 Å². The van der Waals surface area contributed by atoms with E-state index in [1.165, 1.54) is 10.6 Å². The Kier molecular flexibility index (Phi) is 6.74. The van der Waals surface area contributed by atoms with E-state index in [9.17, 15) is 13.2 Å². The van der Waals surface area contributed by atoms with E-state index in [0.29, 0.717) is 38.9 Å². The molecule has 112 valence electrons. The molecule has 1 amide bonds. The molecule has 0 saturated carbocycles. The molecule has 7 heteroatoms. The Hall–Kier alpha value is -0.660. The molecule has 1 fully saturated rings. The first kappa shape index (κ1) is 16.4. The third-order valence-electron chi connectivity index (χ3n) is 3.40.